The standard InChI is InChI=1S/C10H22.ClH.H3N/c1-3-5-7-9-10-8-6-4-2;;/h3-10H2,1-2H3;1H;1H3. The van der Waals surface area contributed by atoms with Gasteiger partial charge < -0.3 is 6.15 Å². The Morgan fingerprint density at radius 3 is 1.08 bits per heavy atom. The molecule has 0 aromatic heterocycles. The molecule has 0 aliphatic heterocycles. The molecule has 3 N–H and O–H groups in total. The average molecular weight is 196 g/mol. The summed E-state index contributed by atoms with van der Waals surface area (Å²) >= 11 is 0. The van der Waals surface area contributed by atoms with Crippen molar-refractivity contribution in [2.45, 2.75) is 65.2 Å². The van der Waals surface area contributed by atoms with E-state index in [4.69, 9.17) is 0 Å². The van der Waals surface area contributed by atoms with Crippen LogP contribution in [0.5, 0.6) is 0 Å². The molecule has 0 saturated carbocycles. The summed E-state index contributed by atoms with van der Waals surface area (Å²) in [6, 6.07) is 0. The van der Waals surface area contributed by atoms with E-state index in [0.29, 0.717) is 0 Å². The van der Waals surface area contributed by atoms with E-state index in [2.05, 4.69) is 13.8 Å². The zero-order valence-electron chi connectivity index (χ0n) is 8.77. The minimum absolute atomic E-state index is 0. The summed E-state index contributed by atoms with van der Waals surface area (Å²) < 4.78 is 0. The van der Waals surface area contributed by atoms with Crippen molar-refractivity contribution in [1.29, 1.82) is 0 Å². The average Bonchev–Trinajstić information content (AvgIpc) is 1.97. The molecule has 1 nitrogen and oxygen atoms in total. The molecule has 2 heteroatoms. The van der Waals surface area contributed by atoms with Gasteiger partial charge in [0.1, 0.15) is 0 Å². The van der Waals surface area contributed by atoms with Gasteiger partial charge in [0.2, 0.25) is 0 Å². The van der Waals surface area contributed by atoms with E-state index in [0.717, 1.165) is 0 Å². The Morgan fingerprint density at radius 1 is 0.583 bits per heavy atom. The molecule has 0 amide bonds. The Balaban J connectivity index is -0.000000405. The van der Waals surface area contributed by atoms with Crippen molar-refractivity contribution in [1.82, 2.24) is 6.15 Å². The molecule has 0 atom stereocenters. The van der Waals surface area contributed by atoms with Gasteiger partial charge in [-0.1, -0.05) is 65.2 Å². The van der Waals surface area contributed by atoms with Crippen molar-refractivity contribution in [2.24, 2.45) is 0 Å². The minimum Gasteiger partial charge on any atom is -0.344 e. The van der Waals surface area contributed by atoms with Crippen molar-refractivity contribution < 1.29 is 0 Å². The third-order valence-corrected chi connectivity index (χ3v) is 1.96. The highest BCUT2D eigenvalue weighted by Gasteiger charge is 1.87. The highest BCUT2D eigenvalue weighted by Crippen LogP contribution is 2.07. The van der Waals surface area contributed by atoms with Crippen LogP contribution in [-0.4, -0.2) is 0 Å². The van der Waals surface area contributed by atoms with Gasteiger partial charge in [-0.05, 0) is 0 Å². The number of unbranched alkanes of at least 4 members (excludes halogenated alkanes) is 7. The number of hydrogen-bond donors (Lipinski definition) is 1. The van der Waals surface area contributed by atoms with Crippen molar-refractivity contribution in [3.8, 4) is 0 Å². The summed E-state index contributed by atoms with van der Waals surface area (Å²) in [5, 5.41) is 0. The van der Waals surface area contributed by atoms with Crippen LogP contribution < -0.4 is 6.15 Å². The first-order valence-corrected chi connectivity index (χ1v) is 4.91. The summed E-state index contributed by atoms with van der Waals surface area (Å²) in [6.45, 7) is 4.54. The van der Waals surface area contributed by atoms with Gasteiger partial charge in [0.25, 0.3) is 0 Å². The number of halogens is 1. The van der Waals surface area contributed by atoms with Crippen LogP contribution in [-0.2, 0) is 0 Å². The van der Waals surface area contributed by atoms with E-state index >= 15 is 0 Å². The molecule has 0 aromatic rings. The highest BCUT2D eigenvalue weighted by molar-refractivity contribution is 5.85. The molecular weight excluding hydrogens is 170 g/mol. The van der Waals surface area contributed by atoms with Gasteiger partial charge in [-0.25, -0.2) is 0 Å². The summed E-state index contributed by atoms with van der Waals surface area (Å²) in [5.41, 5.74) is 0. The van der Waals surface area contributed by atoms with E-state index in [-0.39, 0.29) is 18.6 Å². The lowest BCUT2D eigenvalue weighted by Crippen LogP contribution is -1.77. The fourth-order valence-electron chi connectivity index (χ4n) is 1.21. The largest absolute Gasteiger partial charge is 0.344 e. The van der Waals surface area contributed by atoms with Crippen LogP contribution in [0.1, 0.15) is 65.2 Å². The fraction of sp³-hybridized carbons (Fsp3) is 1.00. The molecule has 12 heavy (non-hydrogen) atoms. The summed E-state index contributed by atoms with van der Waals surface area (Å²) in [4.78, 5) is 0. The minimum atomic E-state index is 0. The molecule has 78 valence electrons. The lowest BCUT2D eigenvalue weighted by atomic mass is 10.1. The third kappa shape index (κ3) is 16.7. The van der Waals surface area contributed by atoms with Gasteiger partial charge in [-0.2, -0.15) is 0 Å². The summed E-state index contributed by atoms with van der Waals surface area (Å²) in [5.74, 6) is 0. The van der Waals surface area contributed by atoms with Crippen LogP contribution in [0.15, 0.2) is 0 Å². The summed E-state index contributed by atoms with van der Waals surface area (Å²) in [6.07, 6.45) is 11.5. The van der Waals surface area contributed by atoms with Crippen molar-refractivity contribution in [3.05, 3.63) is 0 Å². The van der Waals surface area contributed by atoms with E-state index in [1.807, 2.05) is 0 Å². The molecule has 0 aliphatic rings. The zero-order chi connectivity index (χ0) is 7.66. The second-order valence-electron chi connectivity index (χ2n) is 3.12. The smallest absolute Gasteiger partial charge is 0.0533 e. The Bertz CT molecular complexity index is 49.8. The molecule has 0 aliphatic carbocycles. The molecule has 0 unspecified atom stereocenters. The quantitative estimate of drug-likeness (QED) is 0.586. The van der Waals surface area contributed by atoms with Crippen molar-refractivity contribution >= 4 is 12.4 Å². The maximum atomic E-state index is 2.27. The van der Waals surface area contributed by atoms with E-state index in [9.17, 15) is 0 Å². The van der Waals surface area contributed by atoms with Gasteiger partial charge in [-0.15, -0.1) is 12.4 Å². The van der Waals surface area contributed by atoms with Crippen LogP contribution in [0.4, 0.5) is 0 Å². The van der Waals surface area contributed by atoms with Crippen molar-refractivity contribution in [3.63, 3.8) is 0 Å². The van der Waals surface area contributed by atoms with Crippen LogP contribution >= 0.6 is 12.4 Å². The van der Waals surface area contributed by atoms with Gasteiger partial charge in [0, 0.05) is 0 Å². The molecule has 0 aromatic carbocycles. The molecule has 0 fully saturated rings. The van der Waals surface area contributed by atoms with E-state index in [1.165, 1.54) is 51.4 Å². The topological polar surface area (TPSA) is 35.0 Å². The van der Waals surface area contributed by atoms with E-state index < -0.39 is 0 Å². The second kappa shape index (κ2) is 17.4. The maximum absolute atomic E-state index is 2.27. The number of hydrogen-bond acceptors (Lipinski definition) is 1. The molecular formula is C10H26ClN. The molecule has 0 bridgehead atoms. The van der Waals surface area contributed by atoms with Crippen LogP contribution in [0, 0.1) is 0 Å². The first kappa shape index (κ1) is 18.1. The molecule has 0 heterocycles. The van der Waals surface area contributed by atoms with Crippen LogP contribution in [0.25, 0.3) is 0 Å². The predicted octanol–water partition coefficient (Wildman–Crippen LogP) is 4.73. The Labute approximate surface area is 84.3 Å². The second-order valence-corrected chi connectivity index (χ2v) is 3.12. The van der Waals surface area contributed by atoms with Gasteiger partial charge in [-0.3, -0.25) is 0 Å². The Hall–Kier alpha value is 0.250. The molecule has 0 saturated heterocycles. The lowest BCUT2D eigenvalue weighted by molar-refractivity contribution is 0.585. The highest BCUT2D eigenvalue weighted by atomic mass is 35.5. The normalized spacial score (nSPS) is 8.50. The first-order chi connectivity index (χ1) is 4.91. The lowest BCUT2D eigenvalue weighted by Gasteiger charge is -1.97. The maximum Gasteiger partial charge on any atom is -0.0533 e. The predicted molar refractivity (Wildman–Crippen MR) is 60.6 cm³/mol. The molecule has 0 radical (unpaired) electrons. The van der Waals surface area contributed by atoms with Gasteiger partial charge in [0.05, 0.1) is 0 Å². The summed E-state index contributed by atoms with van der Waals surface area (Å²) in [7, 11) is 0. The molecule has 0 spiro atoms. The van der Waals surface area contributed by atoms with Crippen molar-refractivity contribution in [2.75, 3.05) is 0 Å². The molecule has 0 rings (SSSR count). The monoisotopic (exact) mass is 195 g/mol. The third-order valence-electron chi connectivity index (χ3n) is 1.96. The fourth-order valence-corrected chi connectivity index (χ4v) is 1.21. The zero-order valence-corrected chi connectivity index (χ0v) is 9.59. The SMILES string of the molecule is CCCCCCCCCC.Cl.N. The van der Waals surface area contributed by atoms with Gasteiger partial charge in [0.15, 0.2) is 0 Å². The number of rotatable bonds is 7. The Kier molecular flexibility index (Phi) is 26.2. The van der Waals surface area contributed by atoms with E-state index in [1.54, 1.807) is 0 Å². The van der Waals surface area contributed by atoms with Crippen LogP contribution in [0.3, 0.4) is 0 Å². The first-order valence-electron chi connectivity index (χ1n) is 4.91. The van der Waals surface area contributed by atoms with Gasteiger partial charge >= 0.3 is 0 Å². The van der Waals surface area contributed by atoms with Crippen LogP contribution in [0.2, 0.25) is 0 Å². The Morgan fingerprint density at radius 2 is 0.833 bits per heavy atom.